The fourth-order valence-electron chi connectivity index (χ4n) is 3.08. The first kappa shape index (κ1) is 12.9. The van der Waals surface area contributed by atoms with Crippen LogP contribution in [0.15, 0.2) is 66.7 Å². The maximum atomic E-state index is 2.44. The average Bonchev–Trinajstić information content (AvgIpc) is 2.86. The second-order valence-electron chi connectivity index (χ2n) is 5.28. The Balaban J connectivity index is 2.31. The van der Waals surface area contributed by atoms with Gasteiger partial charge in [0.05, 0.1) is 11.0 Å². The Hall–Kier alpha value is -1.81. The summed E-state index contributed by atoms with van der Waals surface area (Å²) in [7, 11) is 0. The molecular formula is C19H14IN. The van der Waals surface area contributed by atoms with Crippen LogP contribution in [0.1, 0.15) is 5.56 Å². The van der Waals surface area contributed by atoms with Crippen LogP contribution < -0.4 is 0 Å². The third-order valence-corrected chi connectivity index (χ3v) is 4.85. The van der Waals surface area contributed by atoms with Crippen LogP contribution >= 0.6 is 22.6 Å². The van der Waals surface area contributed by atoms with Gasteiger partial charge < -0.3 is 4.57 Å². The summed E-state index contributed by atoms with van der Waals surface area (Å²) in [6, 6.07) is 23.7. The Bertz CT molecular complexity index is 892. The summed E-state index contributed by atoms with van der Waals surface area (Å²) in [4.78, 5) is 0. The van der Waals surface area contributed by atoms with Crippen LogP contribution in [-0.2, 0) is 0 Å². The van der Waals surface area contributed by atoms with Crippen LogP contribution in [0.3, 0.4) is 0 Å². The molecule has 0 aliphatic carbocycles. The van der Waals surface area contributed by atoms with Gasteiger partial charge in [0.15, 0.2) is 0 Å². The van der Waals surface area contributed by atoms with E-state index in [1.54, 1.807) is 0 Å². The zero-order valence-corrected chi connectivity index (χ0v) is 13.8. The molecule has 2 heteroatoms. The first-order valence-electron chi connectivity index (χ1n) is 7.01. The second kappa shape index (κ2) is 4.88. The first-order valence-corrected chi connectivity index (χ1v) is 8.09. The second-order valence-corrected chi connectivity index (χ2v) is 6.44. The molecule has 4 aromatic rings. The maximum Gasteiger partial charge on any atom is 0.0674 e. The molecule has 21 heavy (non-hydrogen) atoms. The minimum absolute atomic E-state index is 1.22. The van der Waals surface area contributed by atoms with Crippen molar-refractivity contribution < 1.29 is 0 Å². The van der Waals surface area contributed by atoms with Crippen molar-refractivity contribution in [2.75, 3.05) is 0 Å². The molecule has 1 aromatic heterocycles. The number of hydrogen-bond acceptors (Lipinski definition) is 0. The number of para-hydroxylation sites is 3. The molecule has 3 aromatic carbocycles. The fourth-order valence-corrected chi connectivity index (χ4v) is 3.82. The van der Waals surface area contributed by atoms with Gasteiger partial charge in [0.2, 0.25) is 0 Å². The molecule has 1 nitrogen and oxygen atoms in total. The maximum absolute atomic E-state index is 2.44. The van der Waals surface area contributed by atoms with Gasteiger partial charge in [-0.15, -0.1) is 0 Å². The van der Waals surface area contributed by atoms with Gasteiger partial charge >= 0.3 is 0 Å². The van der Waals surface area contributed by atoms with Gasteiger partial charge in [0.1, 0.15) is 0 Å². The van der Waals surface area contributed by atoms with Crippen LogP contribution in [-0.4, -0.2) is 4.57 Å². The third-order valence-electron chi connectivity index (χ3n) is 3.98. The molecule has 4 rings (SSSR count). The monoisotopic (exact) mass is 383 g/mol. The van der Waals surface area contributed by atoms with Gasteiger partial charge in [0, 0.05) is 20.0 Å². The summed E-state index contributed by atoms with van der Waals surface area (Å²) in [5.74, 6) is 0. The largest absolute Gasteiger partial charge is 0.308 e. The quantitative estimate of drug-likeness (QED) is 0.372. The standard InChI is InChI=1S/C19H14IN/c1-13-7-5-10-15-16-11-6-12-17(20)19(16)21(18(13)15)14-8-3-2-4-9-14/h2-12H,1H3. The number of rotatable bonds is 1. The van der Waals surface area contributed by atoms with E-state index in [4.69, 9.17) is 0 Å². The SMILES string of the molecule is Cc1cccc2c3cccc(I)c3n(-c3ccccc3)c12. The van der Waals surface area contributed by atoms with Crippen molar-refractivity contribution in [3.63, 3.8) is 0 Å². The normalized spacial score (nSPS) is 11.3. The predicted octanol–water partition coefficient (Wildman–Crippen LogP) is 5.70. The molecule has 1 heterocycles. The molecule has 0 N–H and O–H groups in total. The predicted molar refractivity (Wildman–Crippen MR) is 98.2 cm³/mol. The Morgan fingerprint density at radius 2 is 1.38 bits per heavy atom. The van der Waals surface area contributed by atoms with Crippen LogP contribution in [0, 0.1) is 10.5 Å². The summed E-state index contributed by atoms with van der Waals surface area (Å²) < 4.78 is 3.67. The number of benzene rings is 3. The van der Waals surface area contributed by atoms with Crippen LogP contribution in [0.4, 0.5) is 0 Å². The highest BCUT2D eigenvalue weighted by atomic mass is 127. The molecule has 0 atom stereocenters. The lowest BCUT2D eigenvalue weighted by molar-refractivity contribution is 1.16. The summed E-state index contributed by atoms with van der Waals surface area (Å²) in [6.07, 6.45) is 0. The van der Waals surface area contributed by atoms with E-state index < -0.39 is 0 Å². The lowest BCUT2D eigenvalue weighted by atomic mass is 10.1. The number of nitrogens with zero attached hydrogens (tertiary/aromatic N) is 1. The van der Waals surface area contributed by atoms with E-state index in [9.17, 15) is 0 Å². The molecule has 0 radical (unpaired) electrons. The van der Waals surface area contributed by atoms with E-state index in [-0.39, 0.29) is 0 Å². The van der Waals surface area contributed by atoms with Crippen LogP contribution in [0.25, 0.3) is 27.5 Å². The van der Waals surface area contributed by atoms with E-state index in [2.05, 4.69) is 101 Å². The highest BCUT2D eigenvalue weighted by molar-refractivity contribution is 14.1. The highest BCUT2D eigenvalue weighted by Gasteiger charge is 2.15. The van der Waals surface area contributed by atoms with Gasteiger partial charge in [-0.05, 0) is 53.3 Å². The molecule has 0 spiro atoms. The number of fused-ring (bicyclic) bond motifs is 3. The molecule has 0 unspecified atom stereocenters. The average molecular weight is 383 g/mol. The van der Waals surface area contributed by atoms with E-state index >= 15 is 0 Å². The topological polar surface area (TPSA) is 4.93 Å². The number of halogens is 1. The number of hydrogen-bond donors (Lipinski definition) is 0. The third kappa shape index (κ3) is 1.89. The van der Waals surface area contributed by atoms with Crippen molar-refractivity contribution >= 4 is 44.4 Å². The van der Waals surface area contributed by atoms with Crippen molar-refractivity contribution in [2.45, 2.75) is 6.92 Å². The van der Waals surface area contributed by atoms with Gasteiger partial charge in [-0.1, -0.05) is 48.5 Å². The van der Waals surface area contributed by atoms with Crippen molar-refractivity contribution in [1.82, 2.24) is 4.57 Å². The van der Waals surface area contributed by atoms with E-state index in [0.29, 0.717) is 0 Å². The lowest BCUT2D eigenvalue weighted by Crippen LogP contribution is -1.96. The Morgan fingerprint density at radius 3 is 2.14 bits per heavy atom. The minimum atomic E-state index is 1.22. The Labute approximate surface area is 137 Å². The lowest BCUT2D eigenvalue weighted by Gasteiger charge is -2.10. The number of aryl methyl sites for hydroxylation is 1. The van der Waals surface area contributed by atoms with Crippen molar-refractivity contribution in [3.05, 3.63) is 75.9 Å². The van der Waals surface area contributed by atoms with E-state index in [1.807, 2.05) is 0 Å². The van der Waals surface area contributed by atoms with Crippen molar-refractivity contribution in [1.29, 1.82) is 0 Å². The molecule has 0 aliphatic rings. The molecule has 0 bridgehead atoms. The summed E-state index contributed by atoms with van der Waals surface area (Å²) in [6.45, 7) is 2.19. The minimum Gasteiger partial charge on any atom is -0.308 e. The molecule has 0 amide bonds. The molecule has 0 fully saturated rings. The van der Waals surface area contributed by atoms with Gasteiger partial charge in [-0.2, -0.15) is 0 Å². The zero-order valence-electron chi connectivity index (χ0n) is 11.7. The summed E-state index contributed by atoms with van der Waals surface area (Å²) in [5.41, 5.74) is 5.13. The van der Waals surface area contributed by atoms with Crippen molar-refractivity contribution in [3.8, 4) is 5.69 Å². The molecule has 0 saturated carbocycles. The molecular weight excluding hydrogens is 369 g/mol. The smallest absolute Gasteiger partial charge is 0.0674 e. The van der Waals surface area contributed by atoms with Crippen molar-refractivity contribution in [2.24, 2.45) is 0 Å². The summed E-state index contributed by atoms with van der Waals surface area (Å²) in [5, 5.41) is 2.65. The summed E-state index contributed by atoms with van der Waals surface area (Å²) >= 11 is 2.44. The first-order chi connectivity index (χ1) is 10.3. The highest BCUT2D eigenvalue weighted by Crippen LogP contribution is 2.35. The fraction of sp³-hybridized carbons (Fsp3) is 0.0526. The van der Waals surface area contributed by atoms with Gasteiger partial charge in [-0.3, -0.25) is 0 Å². The van der Waals surface area contributed by atoms with Gasteiger partial charge in [0.25, 0.3) is 0 Å². The molecule has 0 aliphatic heterocycles. The van der Waals surface area contributed by atoms with E-state index in [1.165, 1.54) is 36.6 Å². The number of aromatic nitrogens is 1. The van der Waals surface area contributed by atoms with E-state index in [0.717, 1.165) is 0 Å². The van der Waals surface area contributed by atoms with Crippen LogP contribution in [0.2, 0.25) is 0 Å². The van der Waals surface area contributed by atoms with Gasteiger partial charge in [-0.25, -0.2) is 0 Å². The zero-order chi connectivity index (χ0) is 14.4. The Kier molecular flexibility index (Phi) is 3.00. The molecule has 0 saturated heterocycles. The van der Waals surface area contributed by atoms with Crippen LogP contribution in [0.5, 0.6) is 0 Å². The Morgan fingerprint density at radius 1 is 0.714 bits per heavy atom. The molecule has 102 valence electrons.